The molecule has 0 N–H and O–H groups in total. The van der Waals surface area contributed by atoms with Crippen molar-refractivity contribution >= 4 is 11.8 Å². The van der Waals surface area contributed by atoms with E-state index < -0.39 is 23.4 Å². The Hall–Kier alpha value is -2.24. The van der Waals surface area contributed by atoms with Crippen molar-refractivity contribution in [1.82, 2.24) is 4.90 Å². The second kappa shape index (κ2) is 6.79. The number of benzene rings is 1. The molecule has 1 aromatic carbocycles. The van der Waals surface area contributed by atoms with Gasteiger partial charge < -0.3 is 9.64 Å². The van der Waals surface area contributed by atoms with Gasteiger partial charge in [0.05, 0.1) is 6.61 Å². The smallest absolute Gasteiger partial charge is 0.343 e. The van der Waals surface area contributed by atoms with Gasteiger partial charge in [0.1, 0.15) is 17.2 Å². The van der Waals surface area contributed by atoms with Crippen LogP contribution in [0.4, 0.5) is 8.78 Å². The summed E-state index contributed by atoms with van der Waals surface area (Å²) in [7, 11) is 3.22. The maximum absolute atomic E-state index is 13.1. The van der Waals surface area contributed by atoms with Gasteiger partial charge in [0.15, 0.2) is 0 Å². The molecule has 0 saturated carbocycles. The molecule has 108 valence electrons. The van der Waals surface area contributed by atoms with Crippen LogP contribution >= 0.6 is 0 Å². The lowest BCUT2D eigenvalue weighted by Gasteiger charge is -2.10. The molecule has 0 bridgehead atoms. The Kier molecular flexibility index (Phi) is 5.37. The van der Waals surface area contributed by atoms with Gasteiger partial charge in [-0.1, -0.05) is 0 Å². The molecular formula is C14H15F2NO3. The minimum absolute atomic E-state index is 0.0917. The lowest BCUT2D eigenvalue weighted by Crippen LogP contribution is -2.19. The van der Waals surface area contributed by atoms with Crippen LogP contribution in [0.15, 0.2) is 30.0 Å². The molecule has 0 atom stereocenters. The number of rotatable bonds is 5. The van der Waals surface area contributed by atoms with Gasteiger partial charge in [-0.05, 0) is 19.1 Å². The Morgan fingerprint density at radius 3 is 2.20 bits per heavy atom. The molecule has 6 heteroatoms. The molecule has 0 fully saturated rings. The van der Waals surface area contributed by atoms with E-state index in [9.17, 15) is 18.4 Å². The highest BCUT2D eigenvalue weighted by Gasteiger charge is 2.22. The summed E-state index contributed by atoms with van der Waals surface area (Å²) in [6, 6.07) is 2.39. The molecule has 1 aromatic rings. The zero-order valence-corrected chi connectivity index (χ0v) is 11.4. The lowest BCUT2D eigenvalue weighted by atomic mass is 10.0. The van der Waals surface area contributed by atoms with Crippen molar-refractivity contribution in [2.24, 2.45) is 0 Å². The molecule has 0 radical (unpaired) electrons. The van der Waals surface area contributed by atoms with Gasteiger partial charge in [0, 0.05) is 31.9 Å². The molecule has 0 aromatic heterocycles. The number of hydrogen-bond acceptors (Lipinski definition) is 4. The predicted molar refractivity (Wildman–Crippen MR) is 69.1 cm³/mol. The lowest BCUT2D eigenvalue weighted by molar-refractivity contribution is -0.138. The summed E-state index contributed by atoms with van der Waals surface area (Å²) in [5.41, 5.74) is -0.537. The summed E-state index contributed by atoms with van der Waals surface area (Å²) in [4.78, 5) is 25.4. The van der Waals surface area contributed by atoms with Crippen molar-refractivity contribution in [3.63, 3.8) is 0 Å². The zero-order chi connectivity index (χ0) is 15.3. The molecule has 4 nitrogen and oxygen atoms in total. The fraction of sp³-hybridized carbons (Fsp3) is 0.286. The third-order valence-corrected chi connectivity index (χ3v) is 2.25. The van der Waals surface area contributed by atoms with E-state index in [-0.39, 0.29) is 17.7 Å². The van der Waals surface area contributed by atoms with Crippen LogP contribution < -0.4 is 0 Å². The molecule has 0 heterocycles. The van der Waals surface area contributed by atoms with Gasteiger partial charge in [-0.25, -0.2) is 13.6 Å². The third kappa shape index (κ3) is 4.15. The summed E-state index contributed by atoms with van der Waals surface area (Å²) in [6.45, 7) is 1.69. The Bertz CT molecular complexity index is 533. The average molecular weight is 283 g/mol. The number of esters is 1. The second-order valence-corrected chi connectivity index (χ2v) is 4.21. The highest BCUT2D eigenvalue weighted by molar-refractivity contribution is 6.24. The Morgan fingerprint density at radius 2 is 1.75 bits per heavy atom. The molecule has 1 rings (SSSR count). The van der Waals surface area contributed by atoms with Gasteiger partial charge in [-0.2, -0.15) is 0 Å². The van der Waals surface area contributed by atoms with Crippen molar-refractivity contribution < 1.29 is 23.1 Å². The molecule has 20 heavy (non-hydrogen) atoms. The van der Waals surface area contributed by atoms with E-state index in [1.807, 2.05) is 0 Å². The minimum Gasteiger partial charge on any atom is -0.462 e. The van der Waals surface area contributed by atoms with E-state index in [4.69, 9.17) is 4.74 Å². The van der Waals surface area contributed by atoms with Crippen LogP contribution in [0.25, 0.3) is 0 Å². The number of ketones is 1. The third-order valence-electron chi connectivity index (χ3n) is 2.25. The first kappa shape index (κ1) is 15.8. The summed E-state index contributed by atoms with van der Waals surface area (Å²) < 4.78 is 31.0. The first-order valence-electron chi connectivity index (χ1n) is 5.91. The summed E-state index contributed by atoms with van der Waals surface area (Å²) in [5, 5.41) is 0. The Balaban J connectivity index is 3.20. The van der Waals surface area contributed by atoms with Crippen molar-refractivity contribution in [3.05, 3.63) is 47.2 Å². The summed E-state index contributed by atoms with van der Waals surface area (Å²) >= 11 is 0. The summed E-state index contributed by atoms with van der Waals surface area (Å²) in [6.07, 6.45) is 1.25. The first-order valence-corrected chi connectivity index (χ1v) is 5.91. The van der Waals surface area contributed by atoms with E-state index in [1.54, 1.807) is 21.0 Å². The number of carbonyl (C=O) groups is 2. The van der Waals surface area contributed by atoms with E-state index in [0.29, 0.717) is 6.07 Å². The minimum atomic E-state index is -0.888. The van der Waals surface area contributed by atoms with Crippen LogP contribution in [0.1, 0.15) is 17.3 Å². The number of ether oxygens (including phenoxy) is 1. The van der Waals surface area contributed by atoms with Crippen LogP contribution in [0.5, 0.6) is 0 Å². The van der Waals surface area contributed by atoms with Gasteiger partial charge in [0.2, 0.25) is 5.78 Å². The molecule has 0 aliphatic carbocycles. The van der Waals surface area contributed by atoms with Gasteiger partial charge in [-0.15, -0.1) is 0 Å². The highest BCUT2D eigenvalue weighted by atomic mass is 19.1. The van der Waals surface area contributed by atoms with Crippen molar-refractivity contribution in [2.45, 2.75) is 6.92 Å². The number of Topliss-reactive ketones (excluding diaryl/α,β-unsaturated/α-hetero) is 1. The molecule has 0 saturated heterocycles. The normalized spacial score (nSPS) is 11.2. The zero-order valence-electron chi connectivity index (χ0n) is 11.4. The number of nitrogens with zero attached hydrogens (tertiary/aromatic N) is 1. The van der Waals surface area contributed by atoms with Crippen LogP contribution in [-0.2, 0) is 9.53 Å². The van der Waals surface area contributed by atoms with Crippen molar-refractivity contribution in [3.8, 4) is 0 Å². The molecule has 0 aliphatic heterocycles. The first-order chi connectivity index (χ1) is 9.35. The largest absolute Gasteiger partial charge is 0.462 e. The predicted octanol–water partition coefficient (Wildman–Crippen LogP) is 2.16. The van der Waals surface area contributed by atoms with Crippen LogP contribution in [0.3, 0.4) is 0 Å². The van der Waals surface area contributed by atoms with Crippen LogP contribution in [-0.4, -0.2) is 37.4 Å². The number of hydrogen-bond donors (Lipinski definition) is 0. The summed E-state index contributed by atoms with van der Waals surface area (Å²) in [5.74, 6) is -3.41. The van der Waals surface area contributed by atoms with E-state index >= 15 is 0 Å². The molecule has 0 aliphatic rings. The van der Waals surface area contributed by atoms with E-state index in [0.717, 1.165) is 12.1 Å². The fourth-order valence-electron chi connectivity index (χ4n) is 1.51. The molecule has 0 amide bonds. The Morgan fingerprint density at radius 1 is 1.20 bits per heavy atom. The average Bonchev–Trinajstić information content (AvgIpc) is 2.34. The van der Waals surface area contributed by atoms with Gasteiger partial charge >= 0.3 is 5.97 Å². The number of carbonyl (C=O) groups excluding carboxylic acids is 2. The van der Waals surface area contributed by atoms with Crippen LogP contribution in [0, 0.1) is 11.6 Å². The SMILES string of the molecule is CCOC(=O)/C(=C\N(C)C)C(=O)c1cc(F)cc(F)c1. The highest BCUT2D eigenvalue weighted by Crippen LogP contribution is 2.14. The molecule has 0 unspecified atom stereocenters. The van der Waals surface area contributed by atoms with Gasteiger partial charge in [-0.3, -0.25) is 4.79 Å². The van der Waals surface area contributed by atoms with E-state index in [1.165, 1.54) is 11.1 Å². The maximum Gasteiger partial charge on any atom is 0.343 e. The molecule has 0 spiro atoms. The van der Waals surface area contributed by atoms with Crippen molar-refractivity contribution in [1.29, 1.82) is 0 Å². The fourth-order valence-corrected chi connectivity index (χ4v) is 1.51. The van der Waals surface area contributed by atoms with Gasteiger partial charge in [0.25, 0.3) is 0 Å². The van der Waals surface area contributed by atoms with Crippen LogP contribution in [0.2, 0.25) is 0 Å². The standard InChI is InChI=1S/C14H15F2NO3/c1-4-20-14(19)12(8-17(2)3)13(18)9-5-10(15)7-11(16)6-9/h5-8H,4H2,1-3H3/b12-8-. The van der Waals surface area contributed by atoms with E-state index in [2.05, 4.69) is 0 Å². The number of halogens is 2. The Labute approximate surface area is 115 Å². The maximum atomic E-state index is 13.1. The monoisotopic (exact) mass is 283 g/mol. The molecular weight excluding hydrogens is 268 g/mol. The second-order valence-electron chi connectivity index (χ2n) is 4.21. The quantitative estimate of drug-likeness (QED) is 0.273. The topological polar surface area (TPSA) is 46.6 Å². The van der Waals surface area contributed by atoms with Crippen molar-refractivity contribution in [2.75, 3.05) is 20.7 Å².